The van der Waals surface area contributed by atoms with Crippen LogP contribution in [0.5, 0.6) is 0 Å². The zero-order valence-corrected chi connectivity index (χ0v) is 11.2. The van der Waals surface area contributed by atoms with Crippen LogP contribution in [0.3, 0.4) is 0 Å². The maximum absolute atomic E-state index is 13.3. The molecule has 22 heavy (non-hydrogen) atoms. The van der Waals surface area contributed by atoms with Gasteiger partial charge >= 0.3 is 6.18 Å². The van der Waals surface area contributed by atoms with E-state index in [1.807, 2.05) is 0 Å². The van der Waals surface area contributed by atoms with Gasteiger partial charge in [-0.2, -0.15) is 18.3 Å². The number of carbonyl (C=O) groups is 1. The van der Waals surface area contributed by atoms with Crippen LogP contribution in [0, 0.1) is 0 Å². The first-order valence-corrected chi connectivity index (χ1v) is 6.55. The van der Waals surface area contributed by atoms with Crippen LogP contribution in [0.1, 0.15) is 34.6 Å². The zero-order chi connectivity index (χ0) is 15.9. The molecule has 116 valence electrons. The fourth-order valence-corrected chi connectivity index (χ4v) is 2.58. The maximum atomic E-state index is 13.3. The number of alkyl halides is 3. The van der Waals surface area contributed by atoms with Crippen LogP contribution in [0.25, 0.3) is 0 Å². The van der Waals surface area contributed by atoms with E-state index in [-0.39, 0.29) is 12.2 Å². The first-order valence-electron chi connectivity index (χ1n) is 6.55. The van der Waals surface area contributed by atoms with Gasteiger partial charge < -0.3 is 15.2 Å². The Labute approximate surface area is 123 Å². The topological polar surface area (TPSA) is 70.0 Å². The third kappa shape index (κ3) is 2.51. The lowest BCUT2D eigenvalue weighted by molar-refractivity contribution is -0.255. The first kappa shape index (κ1) is 14.4. The van der Waals surface area contributed by atoms with Gasteiger partial charge in [-0.1, -0.05) is 30.3 Å². The summed E-state index contributed by atoms with van der Waals surface area (Å²) in [6.45, 7) is 0. The minimum Gasteiger partial charge on any atom is -0.543 e. The molecule has 3 rings (SSSR count). The summed E-state index contributed by atoms with van der Waals surface area (Å²) < 4.78 is 40.5. The number of carboxylic acids is 1. The number of aromatic carboxylic acids is 1. The number of aromatic nitrogens is 2. The summed E-state index contributed by atoms with van der Waals surface area (Å²) in [5.41, 5.74) is 0.171. The number of fused-ring (bicyclic) bond motifs is 1. The fraction of sp³-hybridized carbons (Fsp3) is 0.286. The van der Waals surface area contributed by atoms with E-state index in [1.165, 1.54) is 0 Å². The molecule has 2 aromatic rings. The minimum atomic E-state index is -4.53. The van der Waals surface area contributed by atoms with E-state index in [1.54, 1.807) is 30.3 Å². The van der Waals surface area contributed by atoms with Gasteiger partial charge in [0.15, 0.2) is 6.04 Å². The Kier molecular flexibility index (Phi) is 3.31. The van der Waals surface area contributed by atoms with E-state index < -0.39 is 29.9 Å². The molecule has 0 saturated heterocycles. The van der Waals surface area contributed by atoms with Gasteiger partial charge in [-0.25, -0.2) is 4.68 Å². The Hall–Kier alpha value is -2.51. The van der Waals surface area contributed by atoms with E-state index in [4.69, 9.17) is 0 Å². The number of carbonyl (C=O) groups excluding carboxylic acids is 1. The largest absolute Gasteiger partial charge is 0.543 e. The molecule has 2 heterocycles. The number of nitrogens with zero attached hydrogens (tertiary/aromatic N) is 2. The number of nitrogens with one attached hydrogen (secondary N) is 1. The fourth-order valence-electron chi connectivity index (χ4n) is 2.58. The third-order valence-corrected chi connectivity index (χ3v) is 3.60. The maximum Gasteiger partial charge on any atom is 0.410 e. The predicted octanol–water partition coefficient (Wildman–Crippen LogP) is 1.91. The molecule has 5 nitrogen and oxygen atoms in total. The van der Waals surface area contributed by atoms with Crippen molar-refractivity contribution in [3.05, 3.63) is 47.7 Å². The third-order valence-electron chi connectivity index (χ3n) is 3.60. The highest BCUT2D eigenvalue weighted by atomic mass is 19.4. The molecule has 0 fully saturated rings. The second-order valence-electron chi connectivity index (χ2n) is 5.05. The molecule has 0 saturated carbocycles. The van der Waals surface area contributed by atoms with E-state index in [0.717, 1.165) is 6.07 Å². The Morgan fingerprint density at radius 2 is 2.00 bits per heavy atom. The SMILES string of the molecule is O=C([O-])c1cc2n(n1)[C@H](C(F)(F)F)C[C@H](c1ccccc1)N2. The Morgan fingerprint density at radius 1 is 1.32 bits per heavy atom. The summed E-state index contributed by atoms with van der Waals surface area (Å²) in [4.78, 5) is 10.8. The van der Waals surface area contributed by atoms with Gasteiger partial charge in [0.1, 0.15) is 11.5 Å². The van der Waals surface area contributed by atoms with Crippen molar-refractivity contribution in [2.24, 2.45) is 0 Å². The van der Waals surface area contributed by atoms with E-state index >= 15 is 0 Å². The van der Waals surface area contributed by atoms with Gasteiger partial charge in [0.2, 0.25) is 0 Å². The summed E-state index contributed by atoms with van der Waals surface area (Å²) in [7, 11) is 0. The molecule has 1 aliphatic heterocycles. The first-order chi connectivity index (χ1) is 10.4. The van der Waals surface area contributed by atoms with Crippen LogP contribution < -0.4 is 10.4 Å². The van der Waals surface area contributed by atoms with Crippen LogP contribution in [0.15, 0.2) is 36.4 Å². The Bertz CT molecular complexity index is 697. The number of carboxylic acid groups (broad SMARTS) is 1. The van der Waals surface area contributed by atoms with Crippen molar-refractivity contribution in [1.29, 1.82) is 0 Å². The van der Waals surface area contributed by atoms with Gasteiger partial charge in [0.25, 0.3) is 0 Å². The smallest absolute Gasteiger partial charge is 0.410 e. The van der Waals surface area contributed by atoms with Crippen LogP contribution in [0.2, 0.25) is 0 Å². The number of halogens is 3. The number of anilines is 1. The van der Waals surface area contributed by atoms with Crippen molar-refractivity contribution in [2.45, 2.75) is 24.7 Å². The van der Waals surface area contributed by atoms with Crippen LogP contribution in [0.4, 0.5) is 19.0 Å². The predicted molar refractivity (Wildman–Crippen MR) is 69.1 cm³/mol. The van der Waals surface area contributed by atoms with Crippen molar-refractivity contribution in [3.63, 3.8) is 0 Å². The molecular weight excluding hydrogens is 299 g/mol. The molecule has 8 heteroatoms. The second-order valence-corrected chi connectivity index (χ2v) is 5.05. The molecule has 0 spiro atoms. The monoisotopic (exact) mass is 310 g/mol. The molecule has 0 aliphatic carbocycles. The molecule has 0 unspecified atom stereocenters. The summed E-state index contributed by atoms with van der Waals surface area (Å²) in [6, 6.07) is 7.27. The lowest BCUT2D eigenvalue weighted by atomic mass is 9.97. The number of rotatable bonds is 2. The average molecular weight is 310 g/mol. The van der Waals surface area contributed by atoms with Gasteiger partial charge in [0, 0.05) is 12.5 Å². The molecule has 2 atom stereocenters. The highest BCUT2D eigenvalue weighted by Gasteiger charge is 2.46. The molecule has 0 amide bonds. The molecule has 1 aromatic carbocycles. The quantitative estimate of drug-likeness (QED) is 0.920. The van der Waals surface area contributed by atoms with Crippen molar-refractivity contribution >= 4 is 11.8 Å². The molecule has 1 N–H and O–H groups in total. The number of benzene rings is 1. The highest BCUT2D eigenvalue weighted by molar-refractivity contribution is 5.84. The van der Waals surface area contributed by atoms with E-state index in [0.29, 0.717) is 10.2 Å². The van der Waals surface area contributed by atoms with Gasteiger partial charge in [-0.05, 0) is 5.56 Å². The summed E-state index contributed by atoms with van der Waals surface area (Å²) >= 11 is 0. The summed E-state index contributed by atoms with van der Waals surface area (Å²) in [6.07, 6.45) is -4.80. The van der Waals surface area contributed by atoms with Crippen molar-refractivity contribution in [1.82, 2.24) is 9.78 Å². The lowest BCUT2D eigenvalue weighted by Crippen LogP contribution is -2.35. The molecule has 0 bridgehead atoms. The van der Waals surface area contributed by atoms with Crippen LogP contribution in [-0.4, -0.2) is 21.9 Å². The van der Waals surface area contributed by atoms with Crippen LogP contribution >= 0.6 is 0 Å². The van der Waals surface area contributed by atoms with Crippen LogP contribution in [-0.2, 0) is 0 Å². The summed E-state index contributed by atoms with van der Waals surface area (Å²) in [5, 5.41) is 17.2. The summed E-state index contributed by atoms with van der Waals surface area (Å²) in [5.74, 6) is -1.59. The van der Waals surface area contributed by atoms with Gasteiger partial charge in [0.05, 0.1) is 12.0 Å². The zero-order valence-electron chi connectivity index (χ0n) is 11.2. The molecule has 1 aromatic heterocycles. The normalized spacial score (nSPS) is 21.0. The van der Waals surface area contributed by atoms with Gasteiger partial charge in [-0.15, -0.1) is 0 Å². The van der Waals surface area contributed by atoms with Crippen molar-refractivity contribution < 1.29 is 23.1 Å². The van der Waals surface area contributed by atoms with E-state index in [9.17, 15) is 23.1 Å². The van der Waals surface area contributed by atoms with Gasteiger partial charge in [-0.3, -0.25) is 0 Å². The highest BCUT2D eigenvalue weighted by Crippen LogP contribution is 2.43. The molecule has 0 radical (unpaired) electrons. The van der Waals surface area contributed by atoms with Crippen molar-refractivity contribution in [2.75, 3.05) is 5.32 Å². The number of hydrogen-bond acceptors (Lipinski definition) is 4. The second kappa shape index (κ2) is 5.04. The molecular formula is C14H11F3N3O2-. The standard InChI is InChI=1S/C14H12F3N3O2/c15-14(16,17)11-6-9(8-4-2-1-3-5-8)18-12-7-10(13(21)22)19-20(11)12/h1-5,7,9,11,18H,6H2,(H,21,22)/p-1/t9-,11+/m1/s1. The van der Waals surface area contributed by atoms with Crippen molar-refractivity contribution in [3.8, 4) is 0 Å². The molecule has 1 aliphatic rings. The minimum absolute atomic E-state index is 0.0154. The average Bonchev–Trinajstić information content (AvgIpc) is 2.90. The Morgan fingerprint density at radius 3 is 2.59 bits per heavy atom. The lowest BCUT2D eigenvalue weighted by Gasteiger charge is -2.33. The van der Waals surface area contributed by atoms with E-state index in [2.05, 4.69) is 10.4 Å². The Balaban J connectivity index is 2.03. The number of hydrogen-bond donors (Lipinski definition) is 1.